The highest BCUT2D eigenvalue weighted by molar-refractivity contribution is 6.07. The molecule has 2 aromatic heterocycles. The van der Waals surface area contributed by atoms with Gasteiger partial charge in [-0.2, -0.15) is 0 Å². The van der Waals surface area contributed by atoms with Crippen molar-refractivity contribution in [1.29, 1.82) is 0 Å². The Morgan fingerprint density at radius 1 is 1.17 bits per heavy atom. The first-order valence-corrected chi connectivity index (χ1v) is 7.34. The van der Waals surface area contributed by atoms with Crippen LogP contribution in [0.1, 0.15) is 10.4 Å². The second kappa shape index (κ2) is 6.87. The first kappa shape index (κ1) is 15.6. The molecule has 1 amide bonds. The molecule has 0 aliphatic heterocycles. The summed E-state index contributed by atoms with van der Waals surface area (Å²) in [5.74, 6) is -0.863. The predicted octanol–water partition coefficient (Wildman–Crippen LogP) is 2.20. The number of hydrogen-bond acceptors (Lipinski definition) is 5. The van der Waals surface area contributed by atoms with Crippen LogP contribution in [-0.2, 0) is 9.53 Å². The van der Waals surface area contributed by atoms with Crippen LogP contribution in [-0.4, -0.2) is 35.5 Å². The molecule has 0 radical (unpaired) electrons. The van der Waals surface area contributed by atoms with E-state index in [2.05, 4.69) is 20.0 Å². The molecular formula is C18H15N3O3. The normalized spacial score (nSPS) is 10.4. The molecule has 3 aromatic rings. The van der Waals surface area contributed by atoms with E-state index in [0.29, 0.717) is 22.2 Å². The Kier molecular flexibility index (Phi) is 4.47. The molecule has 0 spiro atoms. The van der Waals surface area contributed by atoms with Crippen LogP contribution in [0.25, 0.3) is 22.2 Å². The van der Waals surface area contributed by atoms with Crippen molar-refractivity contribution >= 4 is 22.8 Å². The van der Waals surface area contributed by atoms with E-state index in [1.165, 1.54) is 7.11 Å². The molecule has 0 aliphatic carbocycles. The van der Waals surface area contributed by atoms with Crippen molar-refractivity contribution in [2.75, 3.05) is 13.7 Å². The summed E-state index contributed by atoms with van der Waals surface area (Å²) < 4.78 is 4.54. The van der Waals surface area contributed by atoms with Crippen LogP contribution < -0.4 is 5.32 Å². The van der Waals surface area contributed by atoms with Crippen LogP contribution in [0.3, 0.4) is 0 Å². The standard InChI is InChI=1S/C18H15N3O3/c1-24-17(22)11-20-18(23)14-9-16(12-5-4-8-19-10-12)21-15-7-3-2-6-13(14)15/h2-10H,11H2,1H3,(H,20,23). The van der Waals surface area contributed by atoms with E-state index in [9.17, 15) is 9.59 Å². The smallest absolute Gasteiger partial charge is 0.325 e. The van der Waals surface area contributed by atoms with Crippen LogP contribution in [0.4, 0.5) is 0 Å². The SMILES string of the molecule is COC(=O)CNC(=O)c1cc(-c2cccnc2)nc2ccccc12. The van der Waals surface area contributed by atoms with Gasteiger partial charge >= 0.3 is 5.97 Å². The van der Waals surface area contributed by atoms with Gasteiger partial charge in [-0.3, -0.25) is 14.6 Å². The Labute approximate surface area is 138 Å². The average Bonchev–Trinajstić information content (AvgIpc) is 2.65. The Hall–Kier alpha value is -3.28. The number of ether oxygens (including phenoxy) is 1. The number of aromatic nitrogens is 2. The zero-order valence-corrected chi connectivity index (χ0v) is 13.0. The van der Waals surface area contributed by atoms with E-state index in [1.54, 1.807) is 18.5 Å². The summed E-state index contributed by atoms with van der Waals surface area (Å²) in [6.07, 6.45) is 3.36. The maximum absolute atomic E-state index is 12.5. The van der Waals surface area contributed by atoms with Gasteiger partial charge in [0, 0.05) is 23.3 Å². The summed E-state index contributed by atoms with van der Waals surface area (Å²) in [7, 11) is 1.27. The van der Waals surface area contributed by atoms with Gasteiger partial charge in [0.2, 0.25) is 0 Å². The number of nitrogens with zero attached hydrogens (tertiary/aromatic N) is 2. The number of nitrogens with one attached hydrogen (secondary N) is 1. The number of carbonyl (C=O) groups excluding carboxylic acids is 2. The maximum Gasteiger partial charge on any atom is 0.325 e. The number of para-hydroxylation sites is 1. The summed E-state index contributed by atoms with van der Waals surface area (Å²) >= 11 is 0. The number of pyridine rings is 2. The number of esters is 1. The van der Waals surface area contributed by atoms with Gasteiger partial charge < -0.3 is 10.1 Å². The molecule has 2 heterocycles. The Morgan fingerprint density at radius 3 is 2.75 bits per heavy atom. The van der Waals surface area contributed by atoms with Gasteiger partial charge in [0.05, 0.1) is 23.9 Å². The number of hydrogen-bond donors (Lipinski definition) is 1. The largest absolute Gasteiger partial charge is 0.468 e. The maximum atomic E-state index is 12.5. The predicted molar refractivity (Wildman–Crippen MR) is 89.3 cm³/mol. The topological polar surface area (TPSA) is 81.2 Å². The number of amides is 1. The molecule has 0 fully saturated rings. The zero-order valence-electron chi connectivity index (χ0n) is 13.0. The molecule has 6 heteroatoms. The number of rotatable bonds is 4. The van der Waals surface area contributed by atoms with Gasteiger partial charge in [0.15, 0.2) is 0 Å². The molecule has 24 heavy (non-hydrogen) atoms. The van der Waals surface area contributed by atoms with Crippen molar-refractivity contribution in [2.24, 2.45) is 0 Å². The number of methoxy groups -OCH3 is 1. The number of benzene rings is 1. The quantitative estimate of drug-likeness (QED) is 0.745. The van der Waals surface area contributed by atoms with Crippen molar-refractivity contribution in [3.63, 3.8) is 0 Å². The van der Waals surface area contributed by atoms with Gasteiger partial charge in [-0.05, 0) is 24.3 Å². The summed E-state index contributed by atoms with van der Waals surface area (Å²) in [4.78, 5) is 32.4. The van der Waals surface area contributed by atoms with Crippen LogP contribution >= 0.6 is 0 Å². The van der Waals surface area contributed by atoms with Gasteiger partial charge in [0.25, 0.3) is 5.91 Å². The van der Waals surface area contributed by atoms with Gasteiger partial charge in [0.1, 0.15) is 6.54 Å². The molecule has 3 rings (SSSR count). The fraction of sp³-hybridized carbons (Fsp3) is 0.111. The zero-order chi connectivity index (χ0) is 16.9. The van der Waals surface area contributed by atoms with Crippen LogP contribution in [0.5, 0.6) is 0 Å². The fourth-order valence-electron chi connectivity index (χ4n) is 2.35. The summed E-state index contributed by atoms with van der Waals surface area (Å²) in [5, 5.41) is 3.28. The molecule has 1 N–H and O–H groups in total. The molecule has 0 aliphatic rings. The minimum absolute atomic E-state index is 0.186. The van der Waals surface area contributed by atoms with Crippen molar-refractivity contribution in [3.8, 4) is 11.3 Å². The molecule has 1 aromatic carbocycles. The van der Waals surface area contributed by atoms with Crippen LogP contribution in [0, 0.1) is 0 Å². The van der Waals surface area contributed by atoms with E-state index in [0.717, 1.165) is 5.56 Å². The lowest BCUT2D eigenvalue weighted by Crippen LogP contribution is -2.30. The third kappa shape index (κ3) is 3.22. The summed E-state index contributed by atoms with van der Waals surface area (Å²) in [6, 6.07) is 12.7. The first-order chi connectivity index (χ1) is 11.7. The average molecular weight is 321 g/mol. The monoisotopic (exact) mass is 321 g/mol. The van der Waals surface area contributed by atoms with E-state index >= 15 is 0 Å². The van der Waals surface area contributed by atoms with Crippen molar-refractivity contribution < 1.29 is 14.3 Å². The third-order valence-electron chi connectivity index (χ3n) is 3.54. The molecule has 0 saturated heterocycles. The Morgan fingerprint density at radius 2 is 2.00 bits per heavy atom. The Bertz CT molecular complexity index is 894. The highest BCUT2D eigenvalue weighted by Crippen LogP contribution is 2.24. The minimum Gasteiger partial charge on any atom is -0.468 e. The molecule has 0 bridgehead atoms. The lowest BCUT2D eigenvalue weighted by Gasteiger charge is -2.10. The molecule has 0 saturated carbocycles. The van der Waals surface area contributed by atoms with Gasteiger partial charge in [-0.15, -0.1) is 0 Å². The molecular weight excluding hydrogens is 306 g/mol. The second-order valence-corrected chi connectivity index (χ2v) is 5.07. The van der Waals surface area contributed by atoms with Gasteiger partial charge in [-0.1, -0.05) is 18.2 Å². The van der Waals surface area contributed by atoms with Gasteiger partial charge in [-0.25, -0.2) is 4.98 Å². The van der Waals surface area contributed by atoms with Crippen molar-refractivity contribution in [2.45, 2.75) is 0 Å². The van der Waals surface area contributed by atoms with Crippen LogP contribution in [0.2, 0.25) is 0 Å². The molecule has 120 valence electrons. The summed E-state index contributed by atoms with van der Waals surface area (Å²) in [5.41, 5.74) is 2.60. The molecule has 0 atom stereocenters. The number of carbonyl (C=O) groups is 2. The minimum atomic E-state index is -0.505. The van der Waals surface area contributed by atoms with E-state index in [1.807, 2.05) is 36.4 Å². The Balaban J connectivity index is 2.05. The lowest BCUT2D eigenvalue weighted by molar-refractivity contribution is -0.139. The van der Waals surface area contributed by atoms with Crippen molar-refractivity contribution in [3.05, 3.63) is 60.4 Å². The van der Waals surface area contributed by atoms with E-state index < -0.39 is 5.97 Å². The third-order valence-corrected chi connectivity index (χ3v) is 3.54. The molecule has 0 unspecified atom stereocenters. The highest BCUT2D eigenvalue weighted by Gasteiger charge is 2.14. The van der Waals surface area contributed by atoms with Crippen molar-refractivity contribution in [1.82, 2.24) is 15.3 Å². The lowest BCUT2D eigenvalue weighted by atomic mass is 10.0. The first-order valence-electron chi connectivity index (χ1n) is 7.34. The van der Waals surface area contributed by atoms with Crippen LogP contribution in [0.15, 0.2) is 54.9 Å². The fourth-order valence-corrected chi connectivity index (χ4v) is 2.35. The summed E-state index contributed by atoms with van der Waals surface area (Å²) in [6.45, 7) is -0.186. The highest BCUT2D eigenvalue weighted by atomic mass is 16.5. The number of fused-ring (bicyclic) bond motifs is 1. The molecule has 6 nitrogen and oxygen atoms in total. The van der Waals surface area contributed by atoms with E-state index in [-0.39, 0.29) is 12.5 Å². The second-order valence-electron chi connectivity index (χ2n) is 5.07. The van der Waals surface area contributed by atoms with E-state index in [4.69, 9.17) is 0 Å².